The normalized spacial score (nSPS) is 13.7. The Balaban J connectivity index is 0.000000228. The first-order valence-electron chi connectivity index (χ1n) is 20.1. The van der Waals surface area contributed by atoms with E-state index >= 15 is 0 Å². The number of benzene rings is 3. The Hall–Kier alpha value is -5.58. The Morgan fingerprint density at radius 1 is 0.967 bits per heavy atom. The highest BCUT2D eigenvalue weighted by atomic mass is 32.2. The SMILES string of the molecule is CC(C)(C)c1cc2cn(-c3ccc(C(=O)NCCCN=C(N)N)cc3)c(=O)nc2[nH]1.CC(C)(C)c1ccc(S(=O)(=O)N(CCOc2ccc(F)cc2)C2CCNCC2)cc1. The van der Waals surface area contributed by atoms with Crippen LogP contribution in [0.5, 0.6) is 5.75 Å². The molecule has 0 radical (unpaired) electrons. The van der Waals surface area contributed by atoms with Gasteiger partial charge in [-0.25, -0.2) is 17.6 Å². The van der Waals surface area contributed by atoms with Crippen LogP contribution in [-0.4, -0.2) is 84.5 Å². The maximum absolute atomic E-state index is 13.5. The van der Waals surface area contributed by atoms with Crippen molar-refractivity contribution in [3.8, 4) is 11.4 Å². The highest BCUT2D eigenvalue weighted by molar-refractivity contribution is 7.89. The third kappa shape index (κ3) is 12.2. The van der Waals surface area contributed by atoms with Gasteiger partial charge in [-0.3, -0.25) is 14.4 Å². The fourth-order valence-corrected chi connectivity index (χ4v) is 8.26. The van der Waals surface area contributed by atoms with Gasteiger partial charge in [-0.2, -0.15) is 9.29 Å². The van der Waals surface area contributed by atoms with Crippen LogP contribution >= 0.6 is 0 Å². The second-order valence-electron chi connectivity index (χ2n) is 16.8. The number of carbonyl (C=O) groups is 1. The maximum atomic E-state index is 13.5. The van der Waals surface area contributed by atoms with Crippen molar-refractivity contribution >= 4 is 32.9 Å². The van der Waals surface area contributed by atoms with Crippen LogP contribution in [0.1, 0.15) is 82.4 Å². The van der Waals surface area contributed by atoms with Crippen LogP contribution in [0.4, 0.5) is 4.39 Å². The number of nitrogens with zero attached hydrogens (tertiary/aromatic N) is 4. The molecule has 322 valence electrons. The number of aliphatic imine (C=N–C) groups is 1. The topological polar surface area (TPSA) is 203 Å². The standard InChI is InChI=1S/C23H31FN2O3S.C21H27N7O2/c1-23(2,3)18-4-10-22(11-5-18)30(27,28)26(20-12-14-25-15-13-20)16-17-29-21-8-6-19(24)7-9-21;1-21(2,3)16-11-14-12-28(20(30)27-17(14)26-16)15-7-5-13(6-8-15)18(29)24-9-4-10-25-19(22)23/h4-11,20,25H,12-17H2,1-3H3;5-8,11-12H,4,9-10H2,1-3H3,(H,24,29)(H4,22,23,25)(H,26,27,30). The summed E-state index contributed by atoms with van der Waals surface area (Å²) < 4.78 is 48.8. The van der Waals surface area contributed by atoms with Gasteiger partial charge >= 0.3 is 5.69 Å². The van der Waals surface area contributed by atoms with E-state index in [9.17, 15) is 22.4 Å². The number of hydrogen-bond donors (Lipinski definition) is 5. The van der Waals surface area contributed by atoms with Crippen molar-refractivity contribution in [1.29, 1.82) is 0 Å². The molecular formula is C44H58FN9O5S. The summed E-state index contributed by atoms with van der Waals surface area (Å²) in [7, 11) is -3.66. The van der Waals surface area contributed by atoms with E-state index in [1.54, 1.807) is 59.0 Å². The highest BCUT2D eigenvalue weighted by Crippen LogP contribution is 2.28. The summed E-state index contributed by atoms with van der Waals surface area (Å²) in [5.74, 6) is 0.0234. The number of piperidine rings is 1. The van der Waals surface area contributed by atoms with Crippen LogP contribution in [0.3, 0.4) is 0 Å². The van der Waals surface area contributed by atoms with Crippen molar-refractivity contribution in [3.63, 3.8) is 0 Å². The molecule has 6 rings (SSSR count). The van der Waals surface area contributed by atoms with Crippen molar-refractivity contribution in [3.05, 3.63) is 118 Å². The largest absolute Gasteiger partial charge is 0.492 e. The number of halogens is 1. The molecule has 60 heavy (non-hydrogen) atoms. The summed E-state index contributed by atoms with van der Waals surface area (Å²) in [6.45, 7) is 15.5. The van der Waals surface area contributed by atoms with E-state index in [1.807, 2.05) is 18.2 Å². The van der Waals surface area contributed by atoms with Crippen LogP contribution in [0, 0.1) is 5.82 Å². The van der Waals surface area contributed by atoms with Crippen molar-refractivity contribution in [2.45, 2.75) is 82.6 Å². The summed E-state index contributed by atoms with van der Waals surface area (Å²) in [6, 6.07) is 21.7. The first-order valence-corrected chi connectivity index (χ1v) is 21.6. The monoisotopic (exact) mass is 843 g/mol. The van der Waals surface area contributed by atoms with Gasteiger partial charge in [-0.1, -0.05) is 53.7 Å². The Kier molecular flexibility index (Phi) is 14.9. The number of aromatic amines is 1. The van der Waals surface area contributed by atoms with Gasteiger partial charge in [-0.15, -0.1) is 0 Å². The van der Waals surface area contributed by atoms with Crippen molar-refractivity contribution in [2.24, 2.45) is 16.5 Å². The number of nitrogens with two attached hydrogens (primary N) is 2. The average molecular weight is 844 g/mol. The molecule has 1 aliphatic heterocycles. The lowest BCUT2D eigenvalue weighted by Crippen LogP contribution is -2.47. The Bertz CT molecular complexity index is 2390. The molecule has 3 aromatic carbocycles. The van der Waals surface area contributed by atoms with E-state index in [-0.39, 0.29) is 53.4 Å². The molecule has 0 spiro atoms. The molecule has 1 saturated heterocycles. The number of aromatic nitrogens is 3. The van der Waals surface area contributed by atoms with Crippen molar-refractivity contribution in [2.75, 3.05) is 39.3 Å². The second-order valence-corrected chi connectivity index (χ2v) is 18.7. The summed E-state index contributed by atoms with van der Waals surface area (Å²) in [5, 5.41) is 6.94. The van der Waals surface area contributed by atoms with Gasteiger partial charge in [0.25, 0.3) is 5.91 Å². The predicted molar refractivity (Wildman–Crippen MR) is 235 cm³/mol. The average Bonchev–Trinajstić information content (AvgIpc) is 3.64. The second kappa shape index (κ2) is 19.7. The first kappa shape index (κ1) is 45.5. The van der Waals surface area contributed by atoms with Crippen LogP contribution in [0.2, 0.25) is 0 Å². The van der Waals surface area contributed by atoms with Crippen LogP contribution in [0.25, 0.3) is 16.7 Å². The van der Waals surface area contributed by atoms with Gasteiger partial charge in [0.1, 0.15) is 23.8 Å². The molecule has 0 saturated carbocycles. The van der Waals surface area contributed by atoms with Gasteiger partial charge < -0.3 is 31.8 Å². The fourth-order valence-electron chi connectivity index (χ4n) is 6.59. The number of guanidine groups is 1. The lowest BCUT2D eigenvalue weighted by atomic mass is 9.87. The number of hydrogen-bond acceptors (Lipinski definition) is 8. The first-order chi connectivity index (χ1) is 28.3. The molecule has 1 amide bonds. The number of nitrogens with one attached hydrogen (secondary N) is 3. The molecule has 0 unspecified atom stereocenters. The quantitative estimate of drug-likeness (QED) is 0.0589. The number of carbonyl (C=O) groups excluding carboxylic acids is 1. The molecule has 7 N–H and O–H groups in total. The number of ether oxygens (including phenoxy) is 1. The molecular weight excluding hydrogens is 786 g/mol. The van der Waals surface area contributed by atoms with Crippen molar-refractivity contribution in [1.82, 2.24) is 29.5 Å². The zero-order valence-electron chi connectivity index (χ0n) is 35.3. The minimum atomic E-state index is -3.66. The number of amides is 1. The van der Waals surface area contributed by atoms with Gasteiger partial charge in [0.15, 0.2) is 5.96 Å². The Morgan fingerprint density at radius 3 is 2.22 bits per heavy atom. The van der Waals surface area contributed by atoms with E-state index in [0.29, 0.717) is 47.1 Å². The summed E-state index contributed by atoms with van der Waals surface area (Å²) in [4.78, 5) is 36.3. The van der Waals surface area contributed by atoms with Gasteiger partial charge in [0.05, 0.1) is 10.6 Å². The van der Waals surface area contributed by atoms with Gasteiger partial charge in [0.2, 0.25) is 10.0 Å². The molecule has 1 aliphatic rings. The lowest BCUT2D eigenvalue weighted by Gasteiger charge is -2.33. The minimum absolute atomic E-state index is 0.0362. The molecule has 2 aromatic heterocycles. The molecule has 3 heterocycles. The van der Waals surface area contributed by atoms with E-state index in [0.717, 1.165) is 42.6 Å². The lowest BCUT2D eigenvalue weighted by molar-refractivity contribution is 0.0953. The molecule has 14 nitrogen and oxygen atoms in total. The summed E-state index contributed by atoms with van der Waals surface area (Å²) in [6.07, 6.45) is 3.91. The summed E-state index contributed by atoms with van der Waals surface area (Å²) >= 11 is 0. The number of fused-ring (bicyclic) bond motifs is 1. The van der Waals surface area contributed by atoms with E-state index in [4.69, 9.17) is 16.2 Å². The zero-order valence-corrected chi connectivity index (χ0v) is 36.1. The maximum Gasteiger partial charge on any atom is 0.354 e. The van der Waals surface area contributed by atoms with E-state index in [1.165, 1.54) is 16.7 Å². The third-order valence-electron chi connectivity index (χ3n) is 10.1. The number of H-pyrrole nitrogens is 1. The molecule has 0 aliphatic carbocycles. The Morgan fingerprint density at radius 2 is 1.62 bits per heavy atom. The molecule has 1 fully saturated rings. The predicted octanol–water partition coefficient (Wildman–Crippen LogP) is 5.35. The van der Waals surface area contributed by atoms with E-state index < -0.39 is 10.0 Å². The van der Waals surface area contributed by atoms with Crippen molar-refractivity contribution < 1.29 is 22.3 Å². The van der Waals surface area contributed by atoms with Gasteiger partial charge in [0, 0.05) is 53.9 Å². The van der Waals surface area contributed by atoms with E-state index in [2.05, 4.69) is 67.1 Å². The smallest absolute Gasteiger partial charge is 0.354 e. The highest BCUT2D eigenvalue weighted by Gasteiger charge is 2.32. The van der Waals surface area contributed by atoms with Gasteiger partial charge in [-0.05, 0) is 110 Å². The van der Waals surface area contributed by atoms with Crippen LogP contribution in [0.15, 0.2) is 99.7 Å². The number of rotatable bonds is 13. The summed E-state index contributed by atoms with van der Waals surface area (Å²) in [5.41, 5.74) is 13.8. The third-order valence-corrected chi connectivity index (χ3v) is 12.0. The Labute approximate surface area is 351 Å². The molecule has 16 heteroatoms. The van der Waals surface area contributed by atoms with Crippen LogP contribution < -0.4 is 32.5 Å². The molecule has 5 aromatic rings. The fraction of sp³-hybridized carbons (Fsp3) is 0.409. The minimum Gasteiger partial charge on any atom is -0.492 e. The van der Waals surface area contributed by atoms with Crippen LogP contribution in [-0.2, 0) is 20.9 Å². The number of sulfonamides is 1. The zero-order chi connectivity index (χ0) is 43.7. The molecule has 0 bridgehead atoms. The molecule has 0 atom stereocenters.